The molecule has 0 rings (SSSR count). The van der Waals surface area contributed by atoms with Gasteiger partial charge in [-0.3, -0.25) is 0 Å². The lowest BCUT2D eigenvalue weighted by Crippen LogP contribution is -2.15. The third-order valence-electron chi connectivity index (χ3n) is 0.492. The largest absolute Gasteiger partial charge is 0.319 e. The average Bonchev–Trinajstić information content (AvgIpc) is 1.35. The number of hydrogen-bond acceptors (Lipinski definition) is 1. The van der Waals surface area contributed by atoms with E-state index in [0.29, 0.717) is 5.25 Å². The molecule has 2 heteroatoms. The predicted octanol–water partition coefficient (Wildman–Crippen LogP) is 0.792. The van der Waals surface area contributed by atoms with Crippen molar-refractivity contribution in [2.45, 2.75) is 12.2 Å². The molecule has 1 atom stereocenters. The van der Waals surface area contributed by atoms with E-state index < -0.39 is 0 Å². The fourth-order valence-corrected chi connectivity index (χ4v) is 0.454. The molecular formula is C4H10NS. The summed E-state index contributed by atoms with van der Waals surface area (Å²) in [5, 5.41) is 3.33. The van der Waals surface area contributed by atoms with Gasteiger partial charge in [0.15, 0.2) is 0 Å². The van der Waals surface area contributed by atoms with Crippen molar-refractivity contribution in [2.75, 3.05) is 13.6 Å². The maximum atomic E-state index is 4.82. The minimum atomic E-state index is 0.370. The molecule has 0 aromatic carbocycles. The molecule has 0 aliphatic rings. The monoisotopic (exact) mass is 104 g/mol. The topological polar surface area (TPSA) is 12.0 Å². The van der Waals surface area contributed by atoms with Crippen LogP contribution in [0.1, 0.15) is 6.92 Å². The van der Waals surface area contributed by atoms with Crippen molar-refractivity contribution in [3.63, 3.8) is 0 Å². The van der Waals surface area contributed by atoms with Crippen LogP contribution in [-0.4, -0.2) is 18.8 Å². The Morgan fingerprint density at radius 3 is 2.33 bits per heavy atom. The smallest absolute Gasteiger partial charge is 0.0248 e. The Morgan fingerprint density at radius 2 is 2.33 bits per heavy atom. The van der Waals surface area contributed by atoms with Gasteiger partial charge >= 0.3 is 0 Å². The van der Waals surface area contributed by atoms with Crippen LogP contribution in [0.5, 0.6) is 0 Å². The zero-order valence-corrected chi connectivity index (χ0v) is 5.01. The number of hydrogen-bond donors (Lipinski definition) is 1. The zero-order valence-electron chi connectivity index (χ0n) is 4.19. The minimum absolute atomic E-state index is 0.370. The van der Waals surface area contributed by atoms with Gasteiger partial charge in [-0.15, -0.1) is 0 Å². The van der Waals surface area contributed by atoms with Crippen LogP contribution in [0.4, 0.5) is 0 Å². The minimum Gasteiger partial charge on any atom is -0.319 e. The maximum absolute atomic E-state index is 4.82. The van der Waals surface area contributed by atoms with E-state index >= 15 is 0 Å². The normalized spacial score (nSPS) is 14.5. The summed E-state index contributed by atoms with van der Waals surface area (Å²) in [6, 6.07) is 0. The predicted molar refractivity (Wildman–Crippen MR) is 31.0 cm³/mol. The van der Waals surface area contributed by atoms with Crippen LogP contribution in [0, 0.1) is 0 Å². The summed E-state index contributed by atoms with van der Waals surface area (Å²) in [7, 11) is 1.91. The van der Waals surface area contributed by atoms with Crippen LogP contribution in [0.25, 0.3) is 0 Å². The van der Waals surface area contributed by atoms with Gasteiger partial charge in [0.25, 0.3) is 0 Å². The van der Waals surface area contributed by atoms with Gasteiger partial charge in [0.05, 0.1) is 0 Å². The van der Waals surface area contributed by atoms with Gasteiger partial charge in [0.1, 0.15) is 0 Å². The fourth-order valence-electron chi connectivity index (χ4n) is 0.287. The summed E-state index contributed by atoms with van der Waals surface area (Å²) in [6.45, 7) is 2.95. The molecule has 0 saturated carbocycles. The summed E-state index contributed by atoms with van der Waals surface area (Å²) in [5.41, 5.74) is 0. The Hall–Kier alpha value is 0.310. The zero-order chi connectivity index (χ0) is 4.99. The molecule has 6 heavy (non-hydrogen) atoms. The summed E-state index contributed by atoms with van der Waals surface area (Å²) < 4.78 is 0. The first-order valence-corrected chi connectivity index (χ1v) is 2.55. The Bertz CT molecular complexity index is 28.7. The van der Waals surface area contributed by atoms with Crippen LogP contribution >= 0.6 is 12.6 Å². The van der Waals surface area contributed by atoms with Crippen molar-refractivity contribution in [1.82, 2.24) is 5.32 Å². The van der Waals surface area contributed by atoms with E-state index in [1.54, 1.807) is 0 Å². The highest BCUT2D eigenvalue weighted by Crippen LogP contribution is 1.85. The van der Waals surface area contributed by atoms with Gasteiger partial charge in [0, 0.05) is 11.8 Å². The molecule has 1 radical (unpaired) electrons. The number of nitrogens with one attached hydrogen (secondary N) is 1. The quantitative estimate of drug-likeness (QED) is 0.546. The van der Waals surface area contributed by atoms with Crippen molar-refractivity contribution in [2.24, 2.45) is 0 Å². The van der Waals surface area contributed by atoms with E-state index in [1.165, 1.54) is 0 Å². The van der Waals surface area contributed by atoms with Crippen LogP contribution < -0.4 is 5.32 Å². The Balaban J connectivity index is 2.63. The lowest BCUT2D eigenvalue weighted by Gasteiger charge is -1.96. The summed E-state index contributed by atoms with van der Waals surface area (Å²) in [6.07, 6.45) is 0. The van der Waals surface area contributed by atoms with Crippen molar-refractivity contribution in [1.29, 1.82) is 0 Å². The molecule has 0 aromatic heterocycles. The molecule has 0 heterocycles. The van der Waals surface area contributed by atoms with Gasteiger partial charge in [-0.25, -0.2) is 0 Å². The Kier molecular flexibility index (Phi) is 3.68. The average molecular weight is 104 g/mol. The standard InChI is InChI=1S/C4H10NS/c1-4(6)3-5-2/h4-5H,3H2,1-2H3. The molecule has 0 aromatic rings. The third kappa shape index (κ3) is 4.31. The summed E-state index contributed by atoms with van der Waals surface area (Å²) in [5.74, 6) is 0. The van der Waals surface area contributed by atoms with Gasteiger partial charge in [-0.1, -0.05) is 19.6 Å². The molecule has 1 nitrogen and oxygen atoms in total. The van der Waals surface area contributed by atoms with E-state index in [-0.39, 0.29) is 0 Å². The molecule has 0 aliphatic carbocycles. The molecule has 0 aliphatic heterocycles. The molecule has 1 N–H and O–H groups in total. The second-order valence-corrected chi connectivity index (χ2v) is 2.17. The molecule has 37 valence electrons. The van der Waals surface area contributed by atoms with Crippen LogP contribution in [0.2, 0.25) is 0 Å². The van der Waals surface area contributed by atoms with E-state index in [9.17, 15) is 0 Å². The van der Waals surface area contributed by atoms with Crippen molar-refractivity contribution >= 4 is 12.6 Å². The Labute approximate surface area is 44.5 Å². The highest BCUT2D eigenvalue weighted by atomic mass is 32.1. The molecule has 0 saturated heterocycles. The summed E-state index contributed by atoms with van der Waals surface area (Å²) in [4.78, 5) is 0. The van der Waals surface area contributed by atoms with E-state index in [0.717, 1.165) is 6.54 Å². The maximum Gasteiger partial charge on any atom is 0.0248 e. The molecule has 0 spiro atoms. The molecule has 0 bridgehead atoms. The van der Waals surface area contributed by atoms with Crippen molar-refractivity contribution in [3.8, 4) is 0 Å². The first-order valence-electron chi connectivity index (χ1n) is 2.07. The van der Waals surface area contributed by atoms with E-state index in [4.69, 9.17) is 12.6 Å². The van der Waals surface area contributed by atoms with Crippen LogP contribution in [0.3, 0.4) is 0 Å². The first-order chi connectivity index (χ1) is 2.77. The van der Waals surface area contributed by atoms with Crippen LogP contribution in [0.15, 0.2) is 0 Å². The van der Waals surface area contributed by atoms with Gasteiger partial charge < -0.3 is 5.32 Å². The highest BCUT2D eigenvalue weighted by molar-refractivity contribution is 7.80. The lowest BCUT2D eigenvalue weighted by molar-refractivity contribution is 0.789. The molecular weight excluding hydrogens is 94.1 g/mol. The van der Waals surface area contributed by atoms with Gasteiger partial charge in [-0.05, 0) is 7.05 Å². The highest BCUT2D eigenvalue weighted by Gasteiger charge is 1.86. The second-order valence-electron chi connectivity index (χ2n) is 1.37. The second kappa shape index (κ2) is 3.50. The molecule has 0 fully saturated rings. The number of rotatable bonds is 2. The van der Waals surface area contributed by atoms with E-state index in [1.807, 2.05) is 14.0 Å². The van der Waals surface area contributed by atoms with Crippen molar-refractivity contribution in [3.05, 3.63) is 0 Å². The van der Waals surface area contributed by atoms with Crippen LogP contribution in [-0.2, 0) is 0 Å². The van der Waals surface area contributed by atoms with E-state index in [2.05, 4.69) is 5.32 Å². The molecule has 1 unspecified atom stereocenters. The Morgan fingerprint density at radius 1 is 1.83 bits per heavy atom. The van der Waals surface area contributed by atoms with Gasteiger partial charge in [-0.2, -0.15) is 0 Å². The van der Waals surface area contributed by atoms with Crippen molar-refractivity contribution < 1.29 is 0 Å². The van der Waals surface area contributed by atoms with Gasteiger partial charge in [0.2, 0.25) is 0 Å². The third-order valence-corrected chi connectivity index (χ3v) is 0.658. The fraction of sp³-hybridized carbons (Fsp3) is 1.00. The summed E-state index contributed by atoms with van der Waals surface area (Å²) >= 11 is 4.82. The molecule has 0 amide bonds. The SMILES string of the molecule is CNCC(C)[S]. The first kappa shape index (κ1) is 6.31. The lowest BCUT2D eigenvalue weighted by atomic mass is 10.5.